The normalized spacial score (nSPS) is 12.4. The summed E-state index contributed by atoms with van der Waals surface area (Å²) in [5, 5.41) is 8.29. The van der Waals surface area contributed by atoms with Crippen LogP contribution in [-0.4, -0.2) is 24.8 Å². The Labute approximate surface area is 70.3 Å². The highest BCUT2D eigenvalue weighted by atomic mass is 32.2. The van der Waals surface area contributed by atoms with Gasteiger partial charge < -0.3 is 9.66 Å². The van der Waals surface area contributed by atoms with Crippen LogP contribution in [0.3, 0.4) is 0 Å². The van der Waals surface area contributed by atoms with E-state index in [1.54, 1.807) is 0 Å². The van der Waals surface area contributed by atoms with Crippen LogP contribution in [0.5, 0.6) is 0 Å². The molecule has 2 N–H and O–H groups in total. The predicted molar refractivity (Wildman–Crippen MR) is 40.2 cm³/mol. The van der Waals surface area contributed by atoms with Crippen molar-refractivity contribution in [3.05, 3.63) is 23.9 Å². The Morgan fingerprint density at radius 1 is 1.50 bits per heavy atom. The average molecular weight is 187 g/mol. The molecule has 1 aromatic rings. The Balaban J connectivity index is 3.12. The zero-order valence-electron chi connectivity index (χ0n) is 5.80. The van der Waals surface area contributed by atoms with Gasteiger partial charge in [-0.15, -0.1) is 0 Å². The van der Waals surface area contributed by atoms with E-state index in [0.29, 0.717) is 0 Å². The van der Waals surface area contributed by atoms with E-state index in [1.165, 1.54) is 18.2 Å². The highest BCUT2D eigenvalue weighted by molar-refractivity contribution is 7.79. The molecule has 12 heavy (non-hydrogen) atoms. The molecule has 0 bridgehead atoms. The molecule has 0 saturated heterocycles. The van der Waals surface area contributed by atoms with Gasteiger partial charge in [0, 0.05) is 0 Å². The summed E-state index contributed by atoms with van der Waals surface area (Å²) in [5.74, 6) is -1.22. The quantitative estimate of drug-likeness (QED) is 0.652. The van der Waals surface area contributed by atoms with Gasteiger partial charge in [-0.25, -0.2) is 14.0 Å². The highest BCUT2D eigenvalue weighted by Crippen LogP contribution is 2.02. The predicted octanol–water partition coefficient (Wildman–Crippen LogP) is 0.360. The molecule has 1 aromatic heterocycles. The lowest BCUT2D eigenvalue weighted by Gasteiger charge is -1.95. The molecule has 1 atom stereocenters. The van der Waals surface area contributed by atoms with E-state index in [9.17, 15) is 9.00 Å². The smallest absolute Gasteiger partial charge is 0.354 e. The van der Waals surface area contributed by atoms with Crippen molar-refractivity contribution in [2.24, 2.45) is 0 Å². The minimum atomic E-state index is -2.23. The minimum absolute atomic E-state index is 0.157. The van der Waals surface area contributed by atoms with Crippen molar-refractivity contribution in [2.75, 3.05) is 0 Å². The molecule has 0 amide bonds. The van der Waals surface area contributed by atoms with E-state index in [4.69, 9.17) is 9.66 Å². The van der Waals surface area contributed by atoms with Crippen LogP contribution >= 0.6 is 0 Å². The number of rotatable bonds is 2. The molecule has 0 aliphatic carbocycles. The fraction of sp³-hybridized carbons (Fsp3) is 0. The number of carboxylic acids is 1. The Morgan fingerprint density at radius 3 is 2.67 bits per heavy atom. The molecule has 5 nitrogen and oxygen atoms in total. The van der Waals surface area contributed by atoms with Crippen LogP contribution in [-0.2, 0) is 11.1 Å². The number of carboxylic acid groups (broad SMARTS) is 1. The second-order valence-corrected chi connectivity index (χ2v) is 2.83. The number of aromatic nitrogens is 1. The van der Waals surface area contributed by atoms with Crippen molar-refractivity contribution in [3.8, 4) is 0 Å². The van der Waals surface area contributed by atoms with Gasteiger partial charge in [0.15, 0.2) is 5.03 Å². The van der Waals surface area contributed by atoms with Crippen LogP contribution in [0.15, 0.2) is 23.2 Å². The summed E-state index contributed by atoms with van der Waals surface area (Å²) in [6, 6.07) is 3.89. The summed E-state index contributed by atoms with van der Waals surface area (Å²) in [7, 11) is 0. The van der Waals surface area contributed by atoms with Crippen molar-refractivity contribution in [1.82, 2.24) is 4.98 Å². The lowest BCUT2D eigenvalue weighted by molar-refractivity contribution is 0.0689. The van der Waals surface area contributed by atoms with Crippen molar-refractivity contribution >= 4 is 17.0 Å². The second kappa shape index (κ2) is 3.42. The van der Waals surface area contributed by atoms with Gasteiger partial charge in [0.25, 0.3) is 0 Å². The molecular formula is C6H5NO4S. The largest absolute Gasteiger partial charge is 0.477 e. The van der Waals surface area contributed by atoms with Gasteiger partial charge in [0.1, 0.15) is 5.69 Å². The van der Waals surface area contributed by atoms with Crippen molar-refractivity contribution in [3.63, 3.8) is 0 Å². The molecule has 64 valence electrons. The van der Waals surface area contributed by atoms with Crippen LogP contribution in [0, 0.1) is 0 Å². The van der Waals surface area contributed by atoms with E-state index < -0.39 is 17.0 Å². The van der Waals surface area contributed by atoms with Gasteiger partial charge in [-0.1, -0.05) is 6.07 Å². The number of hydrogen-bond donors (Lipinski definition) is 2. The molecular weight excluding hydrogens is 182 g/mol. The van der Waals surface area contributed by atoms with Crippen LogP contribution in [0.2, 0.25) is 0 Å². The Morgan fingerprint density at radius 2 is 2.17 bits per heavy atom. The van der Waals surface area contributed by atoms with Gasteiger partial charge in [0.2, 0.25) is 11.1 Å². The van der Waals surface area contributed by atoms with Crippen LogP contribution in [0.1, 0.15) is 10.5 Å². The second-order valence-electron chi connectivity index (χ2n) is 1.92. The third-order valence-electron chi connectivity index (χ3n) is 1.12. The standard InChI is InChI=1S/C6H5NO4S/c8-6(9)4-2-1-3-5(7-4)12(10)11/h1-3H,(H,8,9)(H,10,11). The van der Waals surface area contributed by atoms with Crippen molar-refractivity contribution in [2.45, 2.75) is 5.03 Å². The van der Waals surface area contributed by atoms with Crippen LogP contribution in [0.25, 0.3) is 0 Å². The maximum atomic E-state index is 10.4. The number of aromatic carboxylic acids is 1. The third kappa shape index (κ3) is 1.86. The van der Waals surface area contributed by atoms with E-state index in [0.717, 1.165) is 0 Å². The highest BCUT2D eigenvalue weighted by Gasteiger charge is 2.07. The zero-order valence-corrected chi connectivity index (χ0v) is 6.61. The summed E-state index contributed by atoms with van der Waals surface area (Å²) in [5.41, 5.74) is -0.241. The lowest BCUT2D eigenvalue weighted by Crippen LogP contribution is -2.03. The summed E-state index contributed by atoms with van der Waals surface area (Å²) in [4.78, 5) is 13.8. The first-order valence-corrected chi connectivity index (χ1v) is 4.03. The van der Waals surface area contributed by atoms with E-state index in [1.807, 2.05) is 0 Å². The summed E-state index contributed by atoms with van der Waals surface area (Å²) in [6.45, 7) is 0. The zero-order chi connectivity index (χ0) is 9.14. The average Bonchev–Trinajstić information content (AvgIpc) is 2.04. The van der Waals surface area contributed by atoms with Gasteiger partial charge in [-0.05, 0) is 12.1 Å². The van der Waals surface area contributed by atoms with Gasteiger partial charge >= 0.3 is 5.97 Å². The maximum Gasteiger partial charge on any atom is 0.354 e. The van der Waals surface area contributed by atoms with Gasteiger partial charge in [-0.3, -0.25) is 0 Å². The minimum Gasteiger partial charge on any atom is -0.477 e. The first kappa shape index (κ1) is 8.82. The summed E-state index contributed by atoms with van der Waals surface area (Å²) in [6.07, 6.45) is 0. The van der Waals surface area contributed by atoms with Crippen LogP contribution < -0.4 is 0 Å². The van der Waals surface area contributed by atoms with Crippen molar-refractivity contribution < 1.29 is 18.7 Å². The molecule has 0 saturated carbocycles. The van der Waals surface area contributed by atoms with E-state index >= 15 is 0 Å². The Kier molecular flexibility index (Phi) is 2.51. The van der Waals surface area contributed by atoms with Crippen molar-refractivity contribution in [1.29, 1.82) is 0 Å². The fourth-order valence-electron chi connectivity index (χ4n) is 0.631. The topological polar surface area (TPSA) is 87.5 Å². The summed E-state index contributed by atoms with van der Waals surface area (Å²) >= 11 is -2.23. The Bertz CT molecular complexity index is 309. The molecule has 0 aromatic carbocycles. The molecule has 0 aliphatic heterocycles. The molecule has 6 heteroatoms. The van der Waals surface area contributed by atoms with E-state index in [2.05, 4.69) is 4.98 Å². The Hall–Kier alpha value is -1.27. The summed E-state index contributed by atoms with van der Waals surface area (Å²) < 4.78 is 19.0. The third-order valence-corrected chi connectivity index (χ3v) is 1.71. The monoisotopic (exact) mass is 187 g/mol. The maximum absolute atomic E-state index is 10.4. The van der Waals surface area contributed by atoms with E-state index in [-0.39, 0.29) is 10.7 Å². The lowest BCUT2D eigenvalue weighted by atomic mass is 10.4. The number of hydrogen-bond acceptors (Lipinski definition) is 3. The first-order valence-electron chi connectivity index (χ1n) is 2.92. The molecule has 1 rings (SSSR count). The fourth-order valence-corrected chi connectivity index (χ4v) is 1.00. The number of nitrogens with zero attached hydrogens (tertiary/aromatic N) is 1. The molecule has 0 fully saturated rings. The molecule has 0 aliphatic rings. The number of pyridine rings is 1. The van der Waals surface area contributed by atoms with Gasteiger partial charge in [-0.2, -0.15) is 0 Å². The SMILES string of the molecule is O=C(O)c1cccc(S(=O)O)n1. The number of carbonyl (C=O) groups is 1. The first-order chi connectivity index (χ1) is 5.61. The van der Waals surface area contributed by atoms with Crippen LogP contribution in [0.4, 0.5) is 0 Å². The molecule has 0 spiro atoms. The molecule has 0 radical (unpaired) electrons. The molecule has 1 unspecified atom stereocenters. The van der Waals surface area contributed by atoms with Gasteiger partial charge in [0.05, 0.1) is 0 Å². The molecule has 1 heterocycles.